The van der Waals surface area contributed by atoms with Gasteiger partial charge in [-0.05, 0) is 23.6 Å². The number of esters is 1. The summed E-state index contributed by atoms with van der Waals surface area (Å²) >= 11 is 0. The first-order valence-corrected chi connectivity index (χ1v) is 10.0. The highest BCUT2D eigenvalue weighted by Crippen LogP contribution is 2.26. The van der Waals surface area contributed by atoms with Gasteiger partial charge in [-0.25, -0.2) is 9.59 Å². The van der Waals surface area contributed by atoms with Crippen molar-refractivity contribution in [1.82, 2.24) is 5.32 Å². The minimum Gasteiger partial charge on any atom is -0.451 e. The van der Waals surface area contributed by atoms with Gasteiger partial charge in [-0.15, -0.1) is 0 Å². The molecule has 0 aliphatic heterocycles. The Bertz CT molecular complexity index is 921. The number of hydrogen-bond donors (Lipinski definition) is 2. The number of alkyl carbamates (subject to hydrolysis) is 1. The van der Waals surface area contributed by atoms with Gasteiger partial charge in [0, 0.05) is 0 Å². The van der Waals surface area contributed by atoms with Crippen LogP contribution in [-0.2, 0) is 20.9 Å². The third-order valence-electron chi connectivity index (χ3n) is 4.66. The van der Waals surface area contributed by atoms with Gasteiger partial charge in [0.05, 0.1) is 6.10 Å². The number of rotatable bonds is 8. The van der Waals surface area contributed by atoms with Gasteiger partial charge in [0.25, 0.3) is 0 Å². The van der Waals surface area contributed by atoms with E-state index < -0.39 is 30.3 Å². The lowest BCUT2D eigenvalue weighted by molar-refractivity contribution is -0.152. The van der Waals surface area contributed by atoms with Gasteiger partial charge in [-0.1, -0.05) is 91.0 Å². The maximum absolute atomic E-state index is 12.9. The number of carbonyl (C=O) groups excluding carboxylic acids is 2. The Morgan fingerprint density at radius 1 is 0.839 bits per heavy atom. The van der Waals surface area contributed by atoms with Crippen molar-refractivity contribution in [3.63, 3.8) is 0 Å². The number of ether oxygens (including phenoxy) is 2. The molecule has 3 rings (SSSR count). The van der Waals surface area contributed by atoms with E-state index in [1.165, 1.54) is 6.92 Å². The molecule has 2 atom stereocenters. The molecule has 0 bridgehead atoms. The van der Waals surface area contributed by atoms with Crippen molar-refractivity contribution in [2.24, 2.45) is 0 Å². The Kier molecular flexibility index (Phi) is 7.79. The van der Waals surface area contributed by atoms with Crippen molar-refractivity contribution < 1.29 is 24.2 Å². The van der Waals surface area contributed by atoms with Crippen molar-refractivity contribution in [2.75, 3.05) is 0 Å². The zero-order chi connectivity index (χ0) is 22.1. The van der Waals surface area contributed by atoms with E-state index >= 15 is 0 Å². The van der Waals surface area contributed by atoms with Crippen LogP contribution >= 0.6 is 0 Å². The maximum atomic E-state index is 12.9. The van der Waals surface area contributed by atoms with Gasteiger partial charge in [0.15, 0.2) is 12.1 Å². The smallest absolute Gasteiger partial charge is 0.408 e. The molecule has 0 radical (unpaired) electrons. The molecule has 0 heterocycles. The molecular weight excluding hydrogens is 394 g/mol. The summed E-state index contributed by atoms with van der Waals surface area (Å²) in [7, 11) is 0. The summed E-state index contributed by atoms with van der Waals surface area (Å²) in [5.41, 5.74) is 2.36. The van der Waals surface area contributed by atoms with Crippen molar-refractivity contribution in [1.29, 1.82) is 0 Å². The average Bonchev–Trinajstić information content (AvgIpc) is 2.81. The van der Waals surface area contributed by atoms with Crippen LogP contribution < -0.4 is 5.32 Å². The van der Waals surface area contributed by atoms with Crippen molar-refractivity contribution in [2.45, 2.75) is 31.8 Å². The molecule has 2 unspecified atom stereocenters. The van der Waals surface area contributed by atoms with E-state index in [1.807, 2.05) is 91.0 Å². The van der Waals surface area contributed by atoms with Crippen LogP contribution in [0.3, 0.4) is 0 Å². The predicted octanol–water partition coefficient (Wildman–Crippen LogP) is 4.00. The molecule has 1 amide bonds. The third kappa shape index (κ3) is 6.42. The van der Waals surface area contributed by atoms with Crippen LogP contribution in [0.15, 0.2) is 91.0 Å². The fourth-order valence-corrected chi connectivity index (χ4v) is 3.04. The van der Waals surface area contributed by atoms with Gasteiger partial charge in [0.1, 0.15) is 6.61 Å². The van der Waals surface area contributed by atoms with Crippen molar-refractivity contribution in [3.05, 3.63) is 108 Å². The molecule has 0 aromatic heterocycles. The van der Waals surface area contributed by atoms with E-state index in [4.69, 9.17) is 9.47 Å². The fourth-order valence-electron chi connectivity index (χ4n) is 3.04. The number of hydrogen-bond acceptors (Lipinski definition) is 5. The minimum atomic E-state index is -1.28. The van der Waals surface area contributed by atoms with Gasteiger partial charge < -0.3 is 19.9 Å². The predicted molar refractivity (Wildman–Crippen MR) is 116 cm³/mol. The number of carbonyl (C=O) groups is 2. The summed E-state index contributed by atoms with van der Waals surface area (Å²) in [4.78, 5) is 25.1. The number of aliphatic hydroxyl groups excluding tert-OH is 1. The molecule has 31 heavy (non-hydrogen) atoms. The molecule has 3 aromatic rings. The molecule has 0 fully saturated rings. The number of nitrogens with one attached hydrogen (secondary N) is 1. The third-order valence-corrected chi connectivity index (χ3v) is 4.66. The number of amides is 1. The summed E-state index contributed by atoms with van der Waals surface area (Å²) in [6.45, 7) is 1.45. The molecular formula is C25H25NO5. The van der Waals surface area contributed by atoms with Crippen molar-refractivity contribution in [3.8, 4) is 0 Å². The molecule has 2 N–H and O–H groups in total. The minimum absolute atomic E-state index is 0.0465. The lowest BCUT2D eigenvalue weighted by atomic mass is 10.0. The normalized spacial score (nSPS) is 12.6. The topological polar surface area (TPSA) is 84.9 Å². The molecule has 0 saturated heterocycles. The monoisotopic (exact) mass is 419 g/mol. The maximum Gasteiger partial charge on any atom is 0.408 e. The second kappa shape index (κ2) is 10.9. The van der Waals surface area contributed by atoms with E-state index in [2.05, 4.69) is 5.32 Å². The SMILES string of the molecule is CC(O)C(NC(=O)OCc1ccccc1)C(=O)OC(c1ccccc1)c1ccccc1. The van der Waals surface area contributed by atoms with Gasteiger partial charge >= 0.3 is 12.1 Å². The Labute approximate surface area is 181 Å². The van der Waals surface area contributed by atoms with E-state index in [1.54, 1.807) is 0 Å². The van der Waals surface area contributed by atoms with Gasteiger partial charge in [-0.2, -0.15) is 0 Å². The molecule has 6 nitrogen and oxygen atoms in total. The largest absolute Gasteiger partial charge is 0.451 e. The quantitative estimate of drug-likeness (QED) is 0.539. The summed E-state index contributed by atoms with van der Waals surface area (Å²) in [5.74, 6) is -0.760. The zero-order valence-electron chi connectivity index (χ0n) is 17.2. The highest BCUT2D eigenvalue weighted by atomic mass is 16.6. The molecule has 6 heteroatoms. The zero-order valence-corrected chi connectivity index (χ0v) is 17.2. The lowest BCUT2D eigenvalue weighted by Crippen LogP contribution is -2.49. The van der Waals surface area contributed by atoms with Crippen LogP contribution in [0.25, 0.3) is 0 Å². The van der Waals surface area contributed by atoms with E-state index in [-0.39, 0.29) is 6.61 Å². The second-order valence-corrected chi connectivity index (χ2v) is 7.06. The highest BCUT2D eigenvalue weighted by molar-refractivity contribution is 5.82. The van der Waals surface area contributed by atoms with Crippen LogP contribution in [0, 0.1) is 0 Å². The first-order valence-electron chi connectivity index (χ1n) is 10.0. The average molecular weight is 419 g/mol. The Hall–Kier alpha value is -3.64. The van der Waals surface area contributed by atoms with E-state index in [9.17, 15) is 14.7 Å². The number of aliphatic hydroxyl groups is 1. The van der Waals surface area contributed by atoms with Crippen LogP contribution in [-0.4, -0.2) is 29.3 Å². The summed E-state index contributed by atoms with van der Waals surface area (Å²) < 4.78 is 10.9. The van der Waals surface area contributed by atoms with Gasteiger partial charge in [0.2, 0.25) is 0 Å². The van der Waals surface area contributed by atoms with Crippen LogP contribution in [0.1, 0.15) is 29.7 Å². The van der Waals surface area contributed by atoms with E-state index in [0.717, 1.165) is 16.7 Å². The summed E-state index contributed by atoms with van der Waals surface area (Å²) in [6.07, 6.45) is -2.68. The Morgan fingerprint density at radius 3 is 1.81 bits per heavy atom. The molecule has 0 aliphatic rings. The van der Waals surface area contributed by atoms with Crippen LogP contribution in [0.4, 0.5) is 4.79 Å². The summed E-state index contributed by atoms with van der Waals surface area (Å²) in [5, 5.41) is 12.5. The molecule has 0 spiro atoms. The van der Waals surface area contributed by atoms with Crippen LogP contribution in [0.2, 0.25) is 0 Å². The Balaban J connectivity index is 1.70. The van der Waals surface area contributed by atoms with E-state index in [0.29, 0.717) is 0 Å². The standard InChI is InChI=1S/C25H25NO5/c1-18(27)22(26-25(29)30-17-19-11-5-2-6-12-19)24(28)31-23(20-13-7-3-8-14-20)21-15-9-4-10-16-21/h2-16,18,22-23,27H,17H2,1H3,(H,26,29). The fraction of sp³-hybridized carbons (Fsp3) is 0.200. The Morgan fingerprint density at radius 2 is 1.32 bits per heavy atom. The highest BCUT2D eigenvalue weighted by Gasteiger charge is 2.31. The van der Waals surface area contributed by atoms with Crippen molar-refractivity contribution >= 4 is 12.1 Å². The molecule has 3 aromatic carbocycles. The second-order valence-electron chi connectivity index (χ2n) is 7.06. The molecule has 160 valence electrons. The van der Waals surface area contributed by atoms with Crippen LogP contribution in [0.5, 0.6) is 0 Å². The first-order chi connectivity index (χ1) is 15.0. The first kappa shape index (κ1) is 22.1. The lowest BCUT2D eigenvalue weighted by Gasteiger charge is -2.24. The molecule has 0 aliphatic carbocycles. The molecule has 0 saturated carbocycles. The van der Waals surface area contributed by atoms with Gasteiger partial charge in [-0.3, -0.25) is 0 Å². The summed E-state index contributed by atoms with van der Waals surface area (Å²) in [6, 6.07) is 26.4. The number of benzene rings is 3.